The number of aliphatic carboxylic acids is 1. The van der Waals surface area contributed by atoms with Gasteiger partial charge in [-0.05, 0) is 20.8 Å². The molecule has 0 saturated carbocycles. The van der Waals surface area contributed by atoms with Crippen molar-refractivity contribution in [1.82, 2.24) is 20.4 Å². The van der Waals surface area contributed by atoms with Crippen molar-refractivity contribution in [1.29, 1.82) is 0 Å². The quantitative estimate of drug-likeness (QED) is 0.828. The first-order chi connectivity index (χ1) is 9.20. The van der Waals surface area contributed by atoms with Crippen LogP contribution >= 0.6 is 0 Å². The van der Waals surface area contributed by atoms with Crippen LogP contribution in [0.15, 0.2) is 4.52 Å². The number of nitrogens with zero attached hydrogens (tertiary/aromatic N) is 3. The van der Waals surface area contributed by atoms with Gasteiger partial charge in [-0.2, -0.15) is 4.98 Å². The fourth-order valence-corrected chi connectivity index (χ4v) is 1.57. The minimum Gasteiger partial charge on any atom is -0.480 e. The summed E-state index contributed by atoms with van der Waals surface area (Å²) in [5.41, 5.74) is -0.578. The zero-order chi connectivity index (χ0) is 15.3. The Kier molecular flexibility index (Phi) is 5.06. The molecule has 8 nitrogen and oxygen atoms in total. The Morgan fingerprint density at radius 2 is 2.05 bits per heavy atom. The first kappa shape index (κ1) is 15.9. The number of rotatable bonds is 5. The Hall–Kier alpha value is -2.12. The van der Waals surface area contributed by atoms with Gasteiger partial charge in [0.05, 0.1) is 0 Å². The van der Waals surface area contributed by atoms with Crippen LogP contribution in [-0.2, 0) is 11.2 Å². The Morgan fingerprint density at radius 1 is 1.40 bits per heavy atom. The number of aromatic nitrogens is 2. The van der Waals surface area contributed by atoms with Gasteiger partial charge in [0.15, 0.2) is 5.82 Å². The third-order valence-electron chi connectivity index (χ3n) is 2.54. The maximum atomic E-state index is 12.0. The molecule has 0 aliphatic heterocycles. The van der Waals surface area contributed by atoms with Crippen molar-refractivity contribution < 1.29 is 19.2 Å². The SMILES string of the molecule is Cc1nc(CCNC(=O)N(CC(=O)O)C(C)(C)C)no1. The zero-order valence-corrected chi connectivity index (χ0v) is 12.1. The lowest BCUT2D eigenvalue weighted by molar-refractivity contribution is -0.138. The highest BCUT2D eigenvalue weighted by Gasteiger charge is 2.28. The second kappa shape index (κ2) is 6.36. The molecule has 0 aliphatic rings. The summed E-state index contributed by atoms with van der Waals surface area (Å²) in [5, 5.41) is 15.2. The summed E-state index contributed by atoms with van der Waals surface area (Å²) in [5.74, 6) is -0.0827. The third-order valence-corrected chi connectivity index (χ3v) is 2.54. The van der Waals surface area contributed by atoms with Crippen LogP contribution < -0.4 is 5.32 Å². The van der Waals surface area contributed by atoms with Crippen LogP contribution in [0.1, 0.15) is 32.5 Å². The van der Waals surface area contributed by atoms with E-state index in [1.807, 2.05) is 0 Å². The summed E-state index contributed by atoms with van der Waals surface area (Å²) >= 11 is 0. The average Bonchev–Trinajstić information content (AvgIpc) is 2.70. The van der Waals surface area contributed by atoms with E-state index in [0.717, 1.165) is 0 Å². The first-order valence-corrected chi connectivity index (χ1v) is 6.26. The van der Waals surface area contributed by atoms with Gasteiger partial charge in [0, 0.05) is 25.4 Å². The van der Waals surface area contributed by atoms with Crippen LogP contribution in [0.2, 0.25) is 0 Å². The Morgan fingerprint density at radius 3 is 2.50 bits per heavy atom. The predicted octanol–water partition coefficient (Wildman–Crippen LogP) is 0.815. The van der Waals surface area contributed by atoms with Gasteiger partial charge in [-0.3, -0.25) is 4.79 Å². The topological polar surface area (TPSA) is 109 Å². The van der Waals surface area contributed by atoms with Gasteiger partial charge in [-0.25, -0.2) is 4.79 Å². The molecule has 0 unspecified atom stereocenters. The largest absolute Gasteiger partial charge is 0.480 e. The van der Waals surface area contributed by atoms with Crippen LogP contribution in [0, 0.1) is 6.92 Å². The Balaban J connectivity index is 2.52. The van der Waals surface area contributed by atoms with E-state index in [-0.39, 0.29) is 6.54 Å². The number of hydrogen-bond donors (Lipinski definition) is 2. The van der Waals surface area contributed by atoms with E-state index in [0.29, 0.717) is 24.7 Å². The van der Waals surface area contributed by atoms with Crippen molar-refractivity contribution in [2.75, 3.05) is 13.1 Å². The van der Waals surface area contributed by atoms with Crippen LogP contribution in [0.5, 0.6) is 0 Å². The van der Waals surface area contributed by atoms with Crippen LogP contribution in [0.4, 0.5) is 4.79 Å². The minimum atomic E-state index is -1.05. The van der Waals surface area contributed by atoms with Crippen molar-refractivity contribution in [3.63, 3.8) is 0 Å². The summed E-state index contributed by atoms with van der Waals surface area (Å²) in [6.45, 7) is 6.97. The molecule has 112 valence electrons. The maximum absolute atomic E-state index is 12.0. The van der Waals surface area contributed by atoms with E-state index in [9.17, 15) is 9.59 Å². The highest BCUT2D eigenvalue weighted by molar-refractivity contribution is 5.80. The summed E-state index contributed by atoms with van der Waals surface area (Å²) in [6.07, 6.45) is 0.425. The van der Waals surface area contributed by atoms with Crippen molar-refractivity contribution in [2.45, 2.75) is 39.7 Å². The molecule has 0 aromatic carbocycles. The lowest BCUT2D eigenvalue weighted by Crippen LogP contribution is -2.52. The summed E-state index contributed by atoms with van der Waals surface area (Å²) < 4.78 is 4.81. The van der Waals surface area contributed by atoms with Crippen LogP contribution in [0.3, 0.4) is 0 Å². The summed E-state index contributed by atoms with van der Waals surface area (Å²) in [7, 11) is 0. The van der Waals surface area contributed by atoms with Gasteiger partial charge < -0.3 is 19.8 Å². The summed E-state index contributed by atoms with van der Waals surface area (Å²) in [4.78, 5) is 28.1. The van der Waals surface area contributed by atoms with E-state index in [4.69, 9.17) is 9.63 Å². The third kappa shape index (κ3) is 4.87. The zero-order valence-electron chi connectivity index (χ0n) is 12.1. The summed E-state index contributed by atoms with van der Waals surface area (Å²) in [6, 6.07) is -0.430. The van der Waals surface area contributed by atoms with E-state index in [1.165, 1.54) is 4.90 Å². The molecule has 1 rings (SSSR count). The Labute approximate surface area is 117 Å². The second-order valence-electron chi connectivity index (χ2n) is 5.36. The lowest BCUT2D eigenvalue weighted by Gasteiger charge is -2.34. The minimum absolute atomic E-state index is 0.310. The molecular formula is C12H20N4O4. The molecule has 2 amide bonds. The van der Waals surface area contributed by atoms with E-state index >= 15 is 0 Å². The van der Waals surface area contributed by atoms with Crippen LogP contribution in [0.25, 0.3) is 0 Å². The molecule has 1 aromatic rings. The van der Waals surface area contributed by atoms with E-state index in [1.54, 1.807) is 27.7 Å². The van der Waals surface area contributed by atoms with Gasteiger partial charge in [-0.15, -0.1) is 0 Å². The molecule has 1 heterocycles. The molecule has 20 heavy (non-hydrogen) atoms. The Bertz CT molecular complexity index is 478. The average molecular weight is 284 g/mol. The molecule has 0 fully saturated rings. The van der Waals surface area contributed by atoms with Crippen molar-refractivity contribution in [3.05, 3.63) is 11.7 Å². The fourth-order valence-electron chi connectivity index (χ4n) is 1.57. The molecule has 0 aliphatic carbocycles. The fraction of sp³-hybridized carbons (Fsp3) is 0.667. The van der Waals surface area contributed by atoms with Gasteiger partial charge in [0.1, 0.15) is 6.54 Å². The molecular weight excluding hydrogens is 264 g/mol. The number of hydrogen-bond acceptors (Lipinski definition) is 5. The number of amides is 2. The van der Waals surface area contributed by atoms with Gasteiger partial charge >= 0.3 is 12.0 Å². The predicted molar refractivity (Wildman–Crippen MR) is 70.2 cm³/mol. The standard InChI is InChI=1S/C12H20N4O4/c1-8-14-9(15-20-8)5-6-13-11(19)16(7-10(17)18)12(2,3)4/h5-7H2,1-4H3,(H,13,19)(H,17,18). The number of urea groups is 1. The number of carbonyl (C=O) groups excluding carboxylic acids is 1. The molecule has 0 radical (unpaired) electrons. The second-order valence-corrected chi connectivity index (χ2v) is 5.36. The van der Waals surface area contributed by atoms with Gasteiger partial charge in [0.2, 0.25) is 5.89 Å². The number of carboxylic acids is 1. The molecule has 1 aromatic heterocycles. The van der Waals surface area contributed by atoms with Gasteiger partial charge in [-0.1, -0.05) is 5.16 Å². The van der Waals surface area contributed by atoms with Crippen molar-refractivity contribution in [2.24, 2.45) is 0 Å². The number of carbonyl (C=O) groups is 2. The van der Waals surface area contributed by atoms with Crippen molar-refractivity contribution >= 4 is 12.0 Å². The molecule has 0 atom stereocenters. The number of aryl methyl sites for hydroxylation is 1. The van der Waals surface area contributed by atoms with Gasteiger partial charge in [0.25, 0.3) is 0 Å². The number of nitrogens with one attached hydrogen (secondary N) is 1. The van der Waals surface area contributed by atoms with E-state index < -0.39 is 17.5 Å². The smallest absolute Gasteiger partial charge is 0.323 e. The normalized spacial score (nSPS) is 11.2. The highest BCUT2D eigenvalue weighted by atomic mass is 16.5. The molecule has 2 N–H and O–H groups in total. The molecule has 0 saturated heterocycles. The molecule has 0 spiro atoms. The maximum Gasteiger partial charge on any atom is 0.323 e. The number of carboxylic acid groups (broad SMARTS) is 1. The van der Waals surface area contributed by atoms with E-state index in [2.05, 4.69) is 15.5 Å². The monoisotopic (exact) mass is 284 g/mol. The van der Waals surface area contributed by atoms with Crippen molar-refractivity contribution in [3.8, 4) is 0 Å². The molecule has 8 heteroatoms. The lowest BCUT2D eigenvalue weighted by atomic mass is 10.1. The van der Waals surface area contributed by atoms with Crippen LogP contribution in [-0.4, -0.2) is 50.8 Å². The molecule has 0 bridgehead atoms. The highest BCUT2D eigenvalue weighted by Crippen LogP contribution is 2.12. The first-order valence-electron chi connectivity index (χ1n) is 6.26.